The number of carbonyl (C=O) groups is 1. The number of anilines is 3. The number of methoxy groups -OCH3 is 1. The predicted octanol–water partition coefficient (Wildman–Crippen LogP) is 5.61. The average molecular weight is 463 g/mol. The van der Waals surface area contributed by atoms with Gasteiger partial charge in [0.25, 0.3) is 0 Å². The van der Waals surface area contributed by atoms with Gasteiger partial charge in [-0.3, -0.25) is 4.79 Å². The third-order valence-corrected chi connectivity index (χ3v) is 6.58. The first-order chi connectivity index (χ1) is 15.7. The number of nitrogens with one attached hydrogen (secondary N) is 2. The highest BCUT2D eigenvalue weighted by atomic mass is 32.2. The third kappa shape index (κ3) is 6.09. The summed E-state index contributed by atoms with van der Waals surface area (Å²) < 4.78 is 5.89. The summed E-state index contributed by atoms with van der Waals surface area (Å²) in [5.41, 5.74) is 4.01. The molecule has 1 amide bonds. The molecule has 8 heteroatoms. The van der Waals surface area contributed by atoms with Gasteiger partial charge < -0.3 is 15.4 Å². The van der Waals surface area contributed by atoms with E-state index >= 15 is 0 Å². The molecule has 0 saturated heterocycles. The van der Waals surface area contributed by atoms with Crippen molar-refractivity contribution < 1.29 is 9.53 Å². The molecule has 0 aliphatic rings. The van der Waals surface area contributed by atoms with Crippen molar-refractivity contribution in [3.63, 3.8) is 0 Å². The highest BCUT2D eigenvalue weighted by molar-refractivity contribution is 8.01. The SMILES string of the molecule is COc1ccc(Nc2nnc(SCC(=O)Nc3ccccc3Cc3ccccc3)s2)cc1. The Kier molecular flexibility index (Phi) is 7.37. The predicted molar refractivity (Wildman–Crippen MR) is 131 cm³/mol. The lowest BCUT2D eigenvalue weighted by Gasteiger charge is -2.11. The van der Waals surface area contributed by atoms with E-state index in [0.29, 0.717) is 5.13 Å². The monoisotopic (exact) mass is 462 g/mol. The van der Waals surface area contributed by atoms with Crippen LogP contribution in [0.5, 0.6) is 5.75 Å². The summed E-state index contributed by atoms with van der Waals surface area (Å²) in [5.74, 6) is 0.979. The van der Waals surface area contributed by atoms with Gasteiger partial charge in [-0.15, -0.1) is 10.2 Å². The highest BCUT2D eigenvalue weighted by Crippen LogP contribution is 2.28. The fourth-order valence-corrected chi connectivity index (χ4v) is 4.61. The molecule has 0 bridgehead atoms. The Labute approximate surface area is 195 Å². The van der Waals surface area contributed by atoms with Crippen LogP contribution in [0.3, 0.4) is 0 Å². The van der Waals surface area contributed by atoms with Crippen LogP contribution in [0, 0.1) is 0 Å². The van der Waals surface area contributed by atoms with E-state index in [1.807, 2.05) is 66.7 Å². The molecule has 4 aromatic rings. The van der Waals surface area contributed by atoms with Gasteiger partial charge in [0, 0.05) is 11.4 Å². The van der Waals surface area contributed by atoms with Crippen LogP contribution >= 0.6 is 23.1 Å². The Balaban J connectivity index is 1.31. The molecule has 0 aliphatic carbocycles. The number of hydrogen-bond acceptors (Lipinski definition) is 7. The first-order valence-electron chi connectivity index (χ1n) is 9.98. The Morgan fingerprint density at radius 3 is 2.50 bits per heavy atom. The largest absolute Gasteiger partial charge is 0.497 e. The van der Waals surface area contributed by atoms with Gasteiger partial charge in [0.15, 0.2) is 4.34 Å². The summed E-state index contributed by atoms with van der Waals surface area (Å²) in [6.45, 7) is 0. The van der Waals surface area contributed by atoms with E-state index in [1.165, 1.54) is 28.7 Å². The van der Waals surface area contributed by atoms with Gasteiger partial charge >= 0.3 is 0 Å². The molecule has 32 heavy (non-hydrogen) atoms. The minimum absolute atomic E-state index is 0.0737. The molecule has 4 rings (SSSR count). The number of nitrogens with zero attached hydrogens (tertiary/aromatic N) is 2. The normalized spacial score (nSPS) is 10.5. The van der Waals surface area contributed by atoms with E-state index in [2.05, 4.69) is 33.0 Å². The van der Waals surface area contributed by atoms with E-state index < -0.39 is 0 Å². The van der Waals surface area contributed by atoms with Gasteiger partial charge in [0.1, 0.15) is 5.75 Å². The fraction of sp³-hybridized carbons (Fsp3) is 0.125. The topological polar surface area (TPSA) is 76.1 Å². The van der Waals surface area contributed by atoms with Crippen molar-refractivity contribution in [2.75, 3.05) is 23.5 Å². The number of rotatable bonds is 9. The average Bonchev–Trinajstić information content (AvgIpc) is 3.27. The maximum Gasteiger partial charge on any atom is 0.234 e. The smallest absolute Gasteiger partial charge is 0.234 e. The second-order valence-electron chi connectivity index (χ2n) is 6.88. The van der Waals surface area contributed by atoms with Crippen LogP contribution in [0.2, 0.25) is 0 Å². The molecular weight excluding hydrogens is 440 g/mol. The molecule has 0 unspecified atom stereocenters. The summed E-state index contributed by atoms with van der Waals surface area (Å²) in [6.07, 6.45) is 0.765. The molecule has 0 saturated carbocycles. The molecule has 1 heterocycles. The third-order valence-electron chi connectivity index (χ3n) is 4.60. The first kappa shape index (κ1) is 21.9. The number of aromatic nitrogens is 2. The van der Waals surface area contributed by atoms with Crippen LogP contribution in [-0.4, -0.2) is 29.0 Å². The van der Waals surface area contributed by atoms with Crippen molar-refractivity contribution in [1.82, 2.24) is 10.2 Å². The van der Waals surface area contributed by atoms with E-state index in [1.54, 1.807) is 7.11 Å². The van der Waals surface area contributed by atoms with Crippen LogP contribution in [0.25, 0.3) is 0 Å². The summed E-state index contributed by atoms with van der Waals surface area (Å²) in [7, 11) is 1.63. The molecule has 1 aromatic heterocycles. The second kappa shape index (κ2) is 10.8. The maximum atomic E-state index is 12.5. The number of amides is 1. The van der Waals surface area contributed by atoms with Gasteiger partial charge in [0.05, 0.1) is 12.9 Å². The van der Waals surface area contributed by atoms with Gasteiger partial charge in [-0.2, -0.15) is 0 Å². The Morgan fingerprint density at radius 1 is 0.969 bits per heavy atom. The molecule has 162 valence electrons. The standard InChI is InChI=1S/C24H22N4O2S2/c1-30-20-13-11-19(12-14-20)25-23-27-28-24(32-23)31-16-22(29)26-21-10-6-5-9-18(21)15-17-7-3-2-4-8-17/h2-14H,15-16H2,1H3,(H,25,27)(H,26,29). The summed E-state index contributed by atoms with van der Waals surface area (Å²) in [6, 6.07) is 25.7. The molecule has 0 atom stereocenters. The summed E-state index contributed by atoms with van der Waals surface area (Å²) in [4.78, 5) is 12.5. The zero-order valence-corrected chi connectivity index (χ0v) is 19.1. The molecule has 3 aromatic carbocycles. The number of hydrogen-bond donors (Lipinski definition) is 2. The number of carbonyl (C=O) groups excluding carboxylic acids is 1. The summed E-state index contributed by atoms with van der Waals surface area (Å²) in [5, 5.41) is 15.2. The van der Waals surface area contributed by atoms with E-state index in [0.717, 1.165) is 33.4 Å². The molecule has 6 nitrogen and oxygen atoms in total. The number of thioether (sulfide) groups is 1. The number of benzene rings is 3. The zero-order valence-electron chi connectivity index (χ0n) is 17.4. The van der Waals surface area contributed by atoms with Crippen molar-refractivity contribution in [1.29, 1.82) is 0 Å². The Morgan fingerprint density at radius 2 is 1.72 bits per heavy atom. The van der Waals surface area contributed by atoms with Crippen molar-refractivity contribution in [3.8, 4) is 5.75 Å². The molecular formula is C24H22N4O2S2. The van der Waals surface area contributed by atoms with E-state index in [-0.39, 0.29) is 11.7 Å². The lowest BCUT2D eigenvalue weighted by molar-refractivity contribution is -0.113. The summed E-state index contributed by atoms with van der Waals surface area (Å²) >= 11 is 2.78. The first-order valence-corrected chi connectivity index (χ1v) is 11.8. The van der Waals surface area contributed by atoms with Gasteiger partial charge in [0.2, 0.25) is 11.0 Å². The minimum atomic E-state index is -0.0737. The fourth-order valence-electron chi connectivity index (χ4n) is 3.04. The number of para-hydroxylation sites is 1. The highest BCUT2D eigenvalue weighted by Gasteiger charge is 2.11. The van der Waals surface area contributed by atoms with Crippen molar-refractivity contribution in [2.45, 2.75) is 10.8 Å². The Hall–Kier alpha value is -3.36. The van der Waals surface area contributed by atoms with Crippen LogP contribution in [-0.2, 0) is 11.2 Å². The molecule has 2 N–H and O–H groups in total. The van der Waals surface area contributed by atoms with Crippen molar-refractivity contribution >= 4 is 45.5 Å². The van der Waals surface area contributed by atoms with Crippen molar-refractivity contribution in [2.24, 2.45) is 0 Å². The zero-order chi connectivity index (χ0) is 22.2. The minimum Gasteiger partial charge on any atom is -0.497 e. The van der Waals surface area contributed by atoms with Crippen LogP contribution in [0.4, 0.5) is 16.5 Å². The molecule has 0 aliphatic heterocycles. The van der Waals surface area contributed by atoms with Crippen LogP contribution in [0.15, 0.2) is 83.2 Å². The van der Waals surface area contributed by atoms with Crippen LogP contribution in [0.1, 0.15) is 11.1 Å². The van der Waals surface area contributed by atoms with Gasteiger partial charge in [-0.1, -0.05) is 71.6 Å². The molecule has 0 radical (unpaired) electrons. The Bertz CT molecular complexity index is 1160. The van der Waals surface area contributed by atoms with E-state index in [9.17, 15) is 4.79 Å². The van der Waals surface area contributed by atoms with Gasteiger partial charge in [-0.05, 0) is 47.9 Å². The maximum absolute atomic E-state index is 12.5. The van der Waals surface area contributed by atoms with Gasteiger partial charge in [-0.25, -0.2) is 0 Å². The second-order valence-corrected chi connectivity index (χ2v) is 9.08. The van der Waals surface area contributed by atoms with Crippen molar-refractivity contribution in [3.05, 3.63) is 90.0 Å². The number of ether oxygens (including phenoxy) is 1. The molecule has 0 spiro atoms. The van der Waals surface area contributed by atoms with Crippen LogP contribution < -0.4 is 15.4 Å². The quantitative estimate of drug-likeness (QED) is 0.315. The van der Waals surface area contributed by atoms with E-state index in [4.69, 9.17) is 4.74 Å². The molecule has 0 fully saturated rings. The lowest BCUT2D eigenvalue weighted by atomic mass is 10.0. The lowest BCUT2D eigenvalue weighted by Crippen LogP contribution is -2.15.